The van der Waals surface area contributed by atoms with Crippen molar-refractivity contribution in [1.29, 1.82) is 0 Å². The molecule has 0 amide bonds. The number of alkyl halides is 4. The predicted octanol–water partition coefficient (Wildman–Crippen LogP) is 4.40. The average molecular weight is 355 g/mol. The maximum atomic E-state index is 14.0. The molecule has 0 fully saturated rings. The van der Waals surface area contributed by atoms with E-state index in [1.807, 2.05) is 0 Å². The van der Waals surface area contributed by atoms with Gasteiger partial charge < -0.3 is 14.4 Å². The number of rotatable bonds is 10. The van der Waals surface area contributed by atoms with E-state index in [-0.39, 0.29) is 6.42 Å². The molecule has 0 rings (SSSR count). The quantitative estimate of drug-likeness (QED) is 0.329. The van der Waals surface area contributed by atoms with E-state index in [2.05, 4.69) is 9.47 Å². The standard InChI is InChI=1S/C13H20F7NO2/c1-11(22-4,7-5-6-8-21(2)3)12(17,18)13(19,20)23-10(16)9(14)15/h5-8H2,1-4H3. The fourth-order valence-electron chi connectivity index (χ4n) is 1.80. The molecule has 0 heterocycles. The van der Waals surface area contributed by atoms with Crippen LogP contribution in [0.1, 0.15) is 26.2 Å². The Bertz CT molecular complexity index is 411. The highest BCUT2D eigenvalue weighted by Gasteiger charge is 2.70. The second-order valence-electron chi connectivity index (χ2n) is 5.42. The van der Waals surface area contributed by atoms with Crippen LogP contribution in [0.5, 0.6) is 0 Å². The fraction of sp³-hybridized carbons (Fsp3) is 0.846. The summed E-state index contributed by atoms with van der Waals surface area (Å²) in [6.07, 6.45) is -8.75. The second-order valence-corrected chi connectivity index (χ2v) is 5.42. The van der Waals surface area contributed by atoms with Crippen molar-refractivity contribution in [2.45, 2.75) is 43.8 Å². The predicted molar refractivity (Wildman–Crippen MR) is 69.1 cm³/mol. The second kappa shape index (κ2) is 8.18. The molecule has 0 aromatic carbocycles. The van der Waals surface area contributed by atoms with Crippen LogP contribution >= 0.6 is 0 Å². The molecular weight excluding hydrogens is 335 g/mol. The van der Waals surface area contributed by atoms with E-state index in [1.165, 1.54) is 0 Å². The molecule has 0 saturated carbocycles. The van der Waals surface area contributed by atoms with Crippen LogP contribution in [0.3, 0.4) is 0 Å². The van der Waals surface area contributed by atoms with Gasteiger partial charge in [-0.15, -0.1) is 0 Å². The van der Waals surface area contributed by atoms with Gasteiger partial charge in [0.25, 0.3) is 0 Å². The van der Waals surface area contributed by atoms with E-state index in [0.717, 1.165) is 7.11 Å². The number of halogens is 7. The van der Waals surface area contributed by atoms with Gasteiger partial charge in [0.05, 0.1) is 0 Å². The Labute approximate surface area is 130 Å². The molecule has 23 heavy (non-hydrogen) atoms. The van der Waals surface area contributed by atoms with Crippen LogP contribution in [-0.2, 0) is 9.47 Å². The molecule has 0 saturated heterocycles. The largest absolute Gasteiger partial charge is 0.469 e. The molecule has 0 aliphatic carbocycles. The first kappa shape index (κ1) is 22.0. The van der Waals surface area contributed by atoms with E-state index in [4.69, 9.17) is 0 Å². The van der Waals surface area contributed by atoms with Crippen LogP contribution in [-0.4, -0.2) is 50.3 Å². The van der Waals surface area contributed by atoms with Crippen molar-refractivity contribution in [2.75, 3.05) is 27.7 Å². The zero-order valence-corrected chi connectivity index (χ0v) is 13.2. The summed E-state index contributed by atoms with van der Waals surface area (Å²) in [5.41, 5.74) is -2.73. The van der Waals surface area contributed by atoms with Gasteiger partial charge in [-0.3, -0.25) is 0 Å². The van der Waals surface area contributed by atoms with Crippen LogP contribution in [0.25, 0.3) is 0 Å². The Morgan fingerprint density at radius 2 is 1.52 bits per heavy atom. The first-order valence-corrected chi connectivity index (χ1v) is 6.66. The van der Waals surface area contributed by atoms with Gasteiger partial charge in [0.15, 0.2) is 0 Å². The maximum Gasteiger partial charge on any atom is 0.469 e. The summed E-state index contributed by atoms with van der Waals surface area (Å²) in [6, 6.07) is -3.05. The number of hydrogen-bond donors (Lipinski definition) is 0. The van der Waals surface area contributed by atoms with Crippen molar-refractivity contribution in [1.82, 2.24) is 4.90 Å². The minimum Gasteiger partial charge on any atom is -0.398 e. The van der Waals surface area contributed by atoms with E-state index in [0.29, 0.717) is 19.9 Å². The zero-order valence-electron chi connectivity index (χ0n) is 13.2. The summed E-state index contributed by atoms with van der Waals surface area (Å²) in [5, 5.41) is 0. The van der Waals surface area contributed by atoms with Gasteiger partial charge in [-0.1, -0.05) is 0 Å². The van der Waals surface area contributed by atoms with E-state index < -0.39 is 36.1 Å². The number of hydrogen-bond acceptors (Lipinski definition) is 3. The first-order chi connectivity index (χ1) is 10.3. The van der Waals surface area contributed by atoms with E-state index in [1.54, 1.807) is 19.0 Å². The molecule has 1 atom stereocenters. The number of methoxy groups -OCH3 is 1. The summed E-state index contributed by atoms with van der Waals surface area (Å²) in [5.74, 6) is -5.04. The van der Waals surface area contributed by atoms with Gasteiger partial charge in [-0.05, 0) is 46.8 Å². The number of unbranched alkanes of at least 4 members (excludes halogenated alkanes) is 1. The summed E-state index contributed by atoms with van der Waals surface area (Å²) in [7, 11) is 4.26. The normalized spacial score (nSPS) is 15.5. The van der Waals surface area contributed by atoms with Crippen LogP contribution in [0.4, 0.5) is 30.7 Å². The van der Waals surface area contributed by atoms with Crippen LogP contribution in [0.2, 0.25) is 0 Å². The molecule has 0 spiro atoms. The lowest BCUT2D eigenvalue weighted by atomic mass is 9.90. The SMILES string of the molecule is COC(C)(CCCCN(C)C)C(F)(F)C(F)(F)OC(F)=C(F)F. The van der Waals surface area contributed by atoms with Crippen molar-refractivity contribution < 1.29 is 40.2 Å². The highest BCUT2D eigenvalue weighted by atomic mass is 19.3. The highest BCUT2D eigenvalue weighted by Crippen LogP contribution is 2.48. The molecule has 1 unspecified atom stereocenters. The molecule has 0 bridgehead atoms. The van der Waals surface area contributed by atoms with Gasteiger partial charge in [0.2, 0.25) is 0 Å². The topological polar surface area (TPSA) is 21.7 Å². The third-order valence-corrected chi connectivity index (χ3v) is 3.36. The maximum absolute atomic E-state index is 14.0. The van der Waals surface area contributed by atoms with Crippen molar-refractivity contribution >= 4 is 0 Å². The van der Waals surface area contributed by atoms with Crippen LogP contribution in [0, 0.1) is 0 Å². The van der Waals surface area contributed by atoms with E-state index in [9.17, 15) is 30.7 Å². The lowest BCUT2D eigenvalue weighted by Gasteiger charge is -2.39. The lowest BCUT2D eigenvalue weighted by molar-refractivity contribution is -0.384. The Kier molecular flexibility index (Phi) is 7.82. The van der Waals surface area contributed by atoms with Gasteiger partial charge in [0, 0.05) is 7.11 Å². The van der Waals surface area contributed by atoms with Gasteiger partial charge in [-0.2, -0.15) is 30.7 Å². The molecule has 0 aliphatic heterocycles. The molecular formula is C13H20F7NO2. The molecule has 3 nitrogen and oxygen atoms in total. The van der Waals surface area contributed by atoms with Crippen molar-refractivity contribution in [2.24, 2.45) is 0 Å². The third kappa shape index (κ3) is 5.52. The molecule has 0 aromatic rings. The molecule has 0 radical (unpaired) electrons. The molecule has 138 valence electrons. The Hall–Kier alpha value is -1.03. The minimum absolute atomic E-state index is 0.101. The van der Waals surface area contributed by atoms with Gasteiger partial charge >= 0.3 is 24.1 Å². The van der Waals surface area contributed by atoms with Crippen molar-refractivity contribution in [3.63, 3.8) is 0 Å². The smallest absolute Gasteiger partial charge is 0.398 e. The zero-order chi connectivity index (χ0) is 18.5. The average Bonchev–Trinajstić information content (AvgIpc) is 2.42. The number of ether oxygens (including phenoxy) is 2. The van der Waals surface area contributed by atoms with Crippen molar-refractivity contribution in [3.05, 3.63) is 12.1 Å². The summed E-state index contributed by atoms with van der Waals surface area (Å²) in [4.78, 5) is 1.77. The molecule has 10 heteroatoms. The van der Waals surface area contributed by atoms with Crippen molar-refractivity contribution in [3.8, 4) is 0 Å². The highest BCUT2D eigenvalue weighted by molar-refractivity contribution is 4.98. The first-order valence-electron chi connectivity index (χ1n) is 6.66. The van der Waals surface area contributed by atoms with Crippen LogP contribution < -0.4 is 0 Å². The monoisotopic (exact) mass is 355 g/mol. The van der Waals surface area contributed by atoms with E-state index >= 15 is 0 Å². The third-order valence-electron chi connectivity index (χ3n) is 3.36. The molecule has 0 aromatic heterocycles. The van der Waals surface area contributed by atoms with Gasteiger partial charge in [-0.25, -0.2) is 0 Å². The summed E-state index contributed by atoms with van der Waals surface area (Å²) in [6.45, 7) is 1.22. The van der Waals surface area contributed by atoms with Gasteiger partial charge in [0.1, 0.15) is 5.60 Å². The molecule has 0 aliphatic rings. The van der Waals surface area contributed by atoms with Crippen LogP contribution in [0.15, 0.2) is 12.1 Å². The lowest BCUT2D eigenvalue weighted by Crippen LogP contribution is -2.59. The summed E-state index contributed by atoms with van der Waals surface area (Å²) < 4.78 is 98.4. The Morgan fingerprint density at radius 3 is 1.91 bits per heavy atom. The fourth-order valence-corrected chi connectivity index (χ4v) is 1.80. The summed E-state index contributed by atoms with van der Waals surface area (Å²) >= 11 is 0. The molecule has 0 N–H and O–H groups in total. The Morgan fingerprint density at radius 1 is 1.00 bits per heavy atom. The Balaban J connectivity index is 5.17. The minimum atomic E-state index is -5.51. The number of nitrogens with zero attached hydrogens (tertiary/aromatic N) is 1.